The fraction of sp³-hybridized carbons (Fsp3) is 0.318. The maximum absolute atomic E-state index is 12.5. The Balaban J connectivity index is 1.65. The van der Waals surface area contributed by atoms with E-state index in [9.17, 15) is 13.6 Å². The number of halogens is 2. The minimum Gasteiger partial charge on any atom is -0.490 e. The fourth-order valence-corrected chi connectivity index (χ4v) is 2.92. The third kappa shape index (κ3) is 5.62. The molecule has 0 saturated carbocycles. The average molecular weight is 419 g/mol. The number of carbonyl (C=O) groups excluding carboxylic acids is 1. The van der Waals surface area contributed by atoms with Crippen molar-refractivity contribution in [1.29, 1.82) is 0 Å². The number of alkyl halides is 2. The number of hydrogen-bond donors (Lipinski definition) is 0. The number of hydrogen-bond acceptors (Lipinski definition) is 5. The lowest BCUT2D eigenvalue weighted by atomic mass is 10.1. The summed E-state index contributed by atoms with van der Waals surface area (Å²) in [5.74, 6) is 1.30. The van der Waals surface area contributed by atoms with Gasteiger partial charge in [0, 0.05) is 19.7 Å². The molecule has 0 bridgehead atoms. The number of carbonyl (C=O) groups is 1. The predicted molar refractivity (Wildman–Crippen MR) is 107 cm³/mol. The number of fused-ring (bicyclic) bond motifs is 1. The van der Waals surface area contributed by atoms with Crippen LogP contribution < -0.4 is 18.9 Å². The number of likely N-dealkylation sites (N-methyl/N-ethyl adjacent to an activating group) is 1. The molecular formula is C22H23F2NO5. The Morgan fingerprint density at radius 3 is 2.63 bits per heavy atom. The molecule has 0 aliphatic carbocycles. The van der Waals surface area contributed by atoms with E-state index in [2.05, 4.69) is 4.74 Å². The molecule has 1 aliphatic heterocycles. The van der Waals surface area contributed by atoms with E-state index in [1.165, 1.54) is 12.1 Å². The summed E-state index contributed by atoms with van der Waals surface area (Å²) in [4.78, 5) is 14.0. The number of benzene rings is 2. The summed E-state index contributed by atoms with van der Waals surface area (Å²) in [6.07, 6.45) is 3.01. The Hall–Kier alpha value is -3.29. The second-order valence-corrected chi connectivity index (χ2v) is 6.52. The monoisotopic (exact) mass is 419 g/mol. The van der Waals surface area contributed by atoms with Gasteiger partial charge in [-0.25, -0.2) is 0 Å². The van der Waals surface area contributed by atoms with Crippen molar-refractivity contribution >= 4 is 12.0 Å². The van der Waals surface area contributed by atoms with Gasteiger partial charge >= 0.3 is 6.61 Å². The SMILES string of the molecule is CCOc1cc(/C=C/C(=O)N(C)Cc2ccc3c(c2)OCCO3)ccc1OC(F)F. The highest BCUT2D eigenvalue weighted by Crippen LogP contribution is 2.31. The lowest BCUT2D eigenvalue weighted by Gasteiger charge is -2.20. The first-order chi connectivity index (χ1) is 14.5. The van der Waals surface area contributed by atoms with Crippen molar-refractivity contribution in [3.05, 3.63) is 53.6 Å². The van der Waals surface area contributed by atoms with Gasteiger partial charge in [0.25, 0.3) is 0 Å². The number of nitrogens with zero attached hydrogens (tertiary/aromatic N) is 1. The summed E-state index contributed by atoms with van der Waals surface area (Å²) in [6, 6.07) is 10.1. The number of amides is 1. The third-order valence-electron chi connectivity index (χ3n) is 4.30. The van der Waals surface area contributed by atoms with E-state index in [0.717, 1.165) is 5.56 Å². The molecule has 6 nitrogen and oxygen atoms in total. The first-order valence-electron chi connectivity index (χ1n) is 9.49. The number of ether oxygens (including phenoxy) is 4. The minimum absolute atomic E-state index is 0.0500. The molecule has 0 radical (unpaired) electrons. The Kier molecular flexibility index (Phi) is 7.11. The smallest absolute Gasteiger partial charge is 0.387 e. The molecule has 0 atom stereocenters. The van der Waals surface area contributed by atoms with E-state index in [-0.39, 0.29) is 17.4 Å². The molecule has 0 unspecified atom stereocenters. The number of rotatable bonds is 8. The second-order valence-electron chi connectivity index (χ2n) is 6.52. The third-order valence-corrected chi connectivity index (χ3v) is 4.30. The van der Waals surface area contributed by atoms with Crippen LogP contribution in [0.1, 0.15) is 18.1 Å². The lowest BCUT2D eigenvalue weighted by molar-refractivity contribution is -0.125. The lowest BCUT2D eigenvalue weighted by Crippen LogP contribution is -2.24. The maximum atomic E-state index is 12.5. The van der Waals surface area contributed by atoms with Crippen LogP contribution in [-0.2, 0) is 11.3 Å². The molecule has 1 amide bonds. The van der Waals surface area contributed by atoms with Crippen molar-refractivity contribution in [1.82, 2.24) is 4.90 Å². The molecule has 3 rings (SSSR count). The highest BCUT2D eigenvalue weighted by Gasteiger charge is 2.14. The summed E-state index contributed by atoms with van der Waals surface area (Å²) in [5, 5.41) is 0. The van der Waals surface area contributed by atoms with E-state index in [1.807, 2.05) is 18.2 Å². The summed E-state index contributed by atoms with van der Waals surface area (Å²) in [6.45, 7) is 0.510. The summed E-state index contributed by atoms with van der Waals surface area (Å²) in [5.41, 5.74) is 1.54. The molecule has 2 aromatic rings. The van der Waals surface area contributed by atoms with Gasteiger partial charge in [0.15, 0.2) is 23.0 Å². The molecular weight excluding hydrogens is 396 g/mol. The maximum Gasteiger partial charge on any atom is 0.387 e. The van der Waals surface area contributed by atoms with Crippen LogP contribution in [0.3, 0.4) is 0 Å². The van der Waals surface area contributed by atoms with Gasteiger partial charge in [-0.3, -0.25) is 4.79 Å². The van der Waals surface area contributed by atoms with E-state index >= 15 is 0 Å². The molecule has 30 heavy (non-hydrogen) atoms. The Bertz CT molecular complexity index is 916. The van der Waals surface area contributed by atoms with Crippen LogP contribution in [-0.4, -0.2) is 44.3 Å². The van der Waals surface area contributed by atoms with Crippen molar-refractivity contribution < 1.29 is 32.5 Å². The van der Waals surface area contributed by atoms with Gasteiger partial charge in [0.1, 0.15) is 13.2 Å². The zero-order valence-electron chi connectivity index (χ0n) is 16.8. The van der Waals surface area contributed by atoms with Gasteiger partial charge in [-0.15, -0.1) is 0 Å². The average Bonchev–Trinajstić information content (AvgIpc) is 2.73. The van der Waals surface area contributed by atoms with Gasteiger partial charge in [0.2, 0.25) is 5.91 Å². The van der Waals surface area contributed by atoms with Gasteiger partial charge < -0.3 is 23.8 Å². The summed E-state index contributed by atoms with van der Waals surface area (Å²) >= 11 is 0. The predicted octanol–water partition coefficient (Wildman–Crippen LogP) is 4.13. The summed E-state index contributed by atoms with van der Waals surface area (Å²) < 4.78 is 45.9. The van der Waals surface area contributed by atoms with Crippen molar-refractivity contribution in [3.63, 3.8) is 0 Å². The van der Waals surface area contributed by atoms with Crippen molar-refractivity contribution in [2.45, 2.75) is 20.1 Å². The van der Waals surface area contributed by atoms with Gasteiger partial charge in [0.05, 0.1) is 6.61 Å². The summed E-state index contributed by atoms with van der Waals surface area (Å²) in [7, 11) is 1.69. The van der Waals surface area contributed by atoms with Crippen LogP contribution in [0, 0.1) is 0 Å². The standard InChI is InChI=1S/C22H23F2NO5/c1-3-27-20-12-15(4-8-18(20)30-22(23)24)6-9-21(26)25(2)14-16-5-7-17-19(13-16)29-11-10-28-17/h4-9,12-13,22H,3,10-11,14H2,1-2H3/b9-6+. The van der Waals surface area contributed by atoms with E-state index < -0.39 is 6.61 Å². The molecule has 0 spiro atoms. The van der Waals surface area contributed by atoms with Crippen LogP contribution >= 0.6 is 0 Å². The topological polar surface area (TPSA) is 57.2 Å². The first kappa shape index (κ1) is 21.4. The molecule has 1 heterocycles. The normalized spacial score (nSPS) is 12.8. The van der Waals surface area contributed by atoms with Crippen molar-refractivity contribution in [2.24, 2.45) is 0 Å². The minimum atomic E-state index is -2.94. The zero-order chi connectivity index (χ0) is 21.5. The molecule has 0 fully saturated rings. The fourth-order valence-electron chi connectivity index (χ4n) is 2.92. The molecule has 0 saturated heterocycles. The van der Waals surface area contributed by atoms with Gasteiger partial charge in [-0.2, -0.15) is 8.78 Å². The van der Waals surface area contributed by atoms with Crippen molar-refractivity contribution in [3.8, 4) is 23.0 Å². The molecule has 8 heteroatoms. The highest BCUT2D eigenvalue weighted by molar-refractivity contribution is 5.91. The Labute approximate surface area is 173 Å². The largest absolute Gasteiger partial charge is 0.490 e. The van der Waals surface area contributed by atoms with Gasteiger partial charge in [-0.05, 0) is 48.4 Å². The zero-order valence-corrected chi connectivity index (χ0v) is 16.8. The van der Waals surface area contributed by atoms with E-state index in [0.29, 0.717) is 43.4 Å². The molecule has 1 aliphatic rings. The van der Waals surface area contributed by atoms with Crippen LogP contribution in [0.25, 0.3) is 6.08 Å². The van der Waals surface area contributed by atoms with E-state index in [4.69, 9.17) is 14.2 Å². The molecule has 160 valence electrons. The van der Waals surface area contributed by atoms with Crippen LogP contribution in [0.4, 0.5) is 8.78 Å². The molecule has 0 N–H and O–H groups in total. The van der Waals surface area contributed by atoms with Crippen LogP contribution in [0.15, 0.2) is 42.5 Å². The Morgan fingerprint density at radius 1 is 1.13 bits per heavy atom. The van der Waals surface area contributed by atoms with Gasteiger partial charge in [-0.1, -0.05) is 12.1 Å². The van der Waals surface area contributed by atoms with Crippen molar-refractivity contribution in [2.75, 3.05) is 26.9 Å². The Morgan fingerprint density at radius 2 is 1.90 bits per heavy atom. The van der Waals surface area contributed by atoms with Crippen LogP contribution in [0.5, 0.6) is 23.0 Å². The highest BCUT2D eigenvalue weighted by atomic mass is 19.3. The van der Waals surface area contributed by atoms with Crippen LogP contribution in [0.2, 0.25) is 0 Å². The quantitative estimate of drug-likeness (QED) is 0.603. The molecule has 0 aromatic heterocycles. The second kappa shape index (κ2) is 9.96. The first-order valence-corrected chi connectivity index (χ1v) is 9.49. The van der Waals surface area contributed by atoms with E-state index in [1.54, 1.807) is 37.1 Å². The molecule has 2 aromatic carbocycles.